The third-order valence-corrected chi connectivity index (χ3v) is 4.13. The minimum Gasteiger partial charge on any atom is -0.495 e. The van der Waals surface area contributed by atoms with Crippen molar-refractivity contribution in [3.8, 4) is 5.75 Å². The molecule has 2 aromatic carbocycles. The summed E-state index contributed by atoms with van der Waals surface area (Å²) >= 11 is 5.97. The molecule has 0 saturated heterocycles. The van der Waals surface area contributed by atoms with Crippen molar-refractivity contribution in [1.29, 1.82) is 0 Å². The summed E-state index contributed by atoms with van der Waals surface area (Å²) in [5.41, 5.74) is 3.17. The summed E-state index contributed by atoms with van der Waals surface area (Å²) in [6, 6.07) is 13.6. The number of hydrogen-bond acceptors (Lipinski definition) is 2. The zero-order valence-corrected chi connectivity index (χ0v) is 15.4. The van der Waals surface area contributed by atoms with E-state index in [1.807, 2.05) is 0 Å². The van der Waals surface area contributed by atoms with Crippen molar-refractivity contribution in [2.45, 2.75) is 39.0 Å². The lowest BCUT2D eigenvalue weighted by atomic mass is 9.86. The molecule has 2 aromatic rings. The number of benzene rings is 2. The van der Waals surface area contributed by atoms with Gasteiger partial charge in [0.1, 0.15) is 5.75 Å². The first-order valence-corrected chi connectivity index (χ1v) is 8.40. The molecule has 4 heteroatoms. The number of amides is 1. The number of carbonyl (C=O) groups excluding carboxylic acids is 1. The Balaban J connectivity index is 1.95. The first-order chi connectivity index (χ1) is 11.3. The normalized spacial score (nSPS) is 11.2. The van der Waals surface area contributed by atoms with Gasteiger partial charge >= 0.3 is 0 Å². The summed E-state index contributed by atoms with van der Waals surface area (Å²) in [6.45, 7) is 6.56. The molecular formula is C20H24ClNO2. The van der Waals surface area contributed by atoms with Crippen LogP contribution in [-0.2, 0) is 16.6 Å². The van der Waals surface area contributed by atoms with E-state index in [1.54, 1.807) is 25.3 Å². The van der Waals surface area contributed by atoms with Crippen LogP contribution in [0, 0.1) is 0 Å². The van der Waals surface area contributed by atoms with Gasteiger partial charge in [0.25, 0.3) is 0 Å². The van der Waals surface area contributed by atoms with Crippen molar-refractivity contribution in [2.75, 3.05) is 12.4 Å². The summed E-state index contributed by atoms with van der Waals surface area (Å²) in [4.78, 5) is 12.2. The number of anilines is 1. The average molecular weight is 346 g/mol. The van der Waals surface area contributed by atoms with Crippen LogP contribution in [0.4, 0.5) is 5.69 Å². The minimum absolute atomic E-state index is 0.0598. The lowest BCUT2D eigenvalue weighted by Crippen LogP contribution is -2.13. The number of methoxy groups -OCH3 is 1. The molecule has 0 radical (unpaired) electrons. The van der Waals surface area contributed by atoms with Gasteiger partial charge in [-0.1, -0.05) is 56.6 Å². The van der Waals surface area contributed by atoms with Gasteiger partial charge in [-0.15, -0.1) is 0 Å². The Kier molecular flexibility index (Phi) is 5.89. The quantitative estimate of drug-likeness (QED) is 0.807. The number of nitrogens with one attached hydrogen (secondary N) is 1. The molecule has 0 aromatic heterocycles. The Labute approximate surface area is 149 Å². The van der Waals surface area contributed by atoms with E-state index in [-0.39, 0.29) is 11.3 Å². The second-order valence-electron chi connectivity index (χ2n) is 6.84. The zero-order chi connectivity index (χ0) is 17.7. The summed E-state index contributed by atoms with van der Waals surface area (Å²) < 4.78 is 5.24. The number of hydrogen-bond donors (Lipinski definition) is 1. The Morgan fingerprint density at radius 3 is 2.38 bits per heavy atom. The van der Waals surface area contributed by atoms with Crippen LogP contribution in [0.25, 0.3) is 0 Å². The first kappa shape index (κ1) is 18.3. The van der Waals surface area contributed by atoms with E-state index >= 15 is 0 Å². The van der Waals surface area contributed by atoms with Crippen LogP contribution < -0.4 is 10.1 Å². The monoisotopic (exact) mass is 345 g/mol. The van der Waals surface area contributed by atoms with Gasteiger partial charge in [0.15, 0.2) is 0 Å². The Hall–Kier alpha value is -2.00. The van der Waals surface area contributed by atoms with E-state index in [1.165, 1.54) is 5.56 Å². The van der Waals surface area contributed by atoms with Crippen LogP contribution >= 0.6 is 11.6 Å². The van der Waals surface area contributed by atoms with Crippen molar-refractivity contribution in [1.82, 2.24) is 0 Å². The molecule has 0 aliphatic heterocycles. The molecule has 3 nitrogen and oxygen atoms in total. The molecule has 0 saturated carbocycles. The predicted molar refractivity (Wildman–Crippen MR) is 100 cm³/mol. The lowest BCUT2D eigenvalue weighted by Gasteiger charge is -2.19. The molecule has 0 heterocycles. The zero-order valence-electron chi connectivity index (χ0n) is 14.7. The lowest BCUT2D eigenvalue weighted by molar-refractivity contribution is -0.116. The molecule has 0 unspecified atom stereocenters. The number of halogens is 1. The Bertz CT molecular complexity index is 703. The third kappa shape index (κ3) is 5.00. The maximum Gasteiger partial charge on any atom is 0.224 e. The van der Waals surface area contributed by atoms with Gasteiger partial charge < -0.3 is 10.1 Å². The van der Waals surface area contributed by atoms with Gasteiger partial charge in [-0.3, -0.25) is 4.79 Å². The van der Waals surface area contributed by atoms with Gasteiger partial charge in [-0.05, 0) is 41.2 Å². The van der Waals surface area contributed by atoms with E-state index < -0.39 is 0 Å². The van der Waals surface area contributed by atoms with Crippen LogP contribution in [0.3, 0.4) is 0 Å². The van der Waals surface area contributed by atoms with Gasteiger partial charge in [-0.2, -0.15) is 0 Å². The van der Waals surface area contributed by atoms with Gasteiger partial charge in [0, 0.05) is 11.4 Å². The molecule has 0 spiro atoms. The van der Waals surface area contributed by atoms with Crippen molar-refractivity contribution in [2.24, 2.45) is 0 Å². The van der Waals surface area contributed by atoms with Crippen LogP contribution in [0.2, 0.25) is 5.02 Å². The highest BCUT2D eigenvalue weighted by atomic mass is 35.5. The smallest absolute Gasteiger partial charge is 0.224 e. The molecule has 1 N–H and O–H groups in total. The maximum absolute atomic E-state index is 12.2. The fraction of sp³-hybridized carbons (Fsp3) is 0.350. The van der Waals surface area contributed by atoms with Crippen LogP contribution in [0.1, 0.15) is 38.3 Å². The van der Waals surface area contributed by atoms with E-state index in [0.717, 1.165) is 5.56 Å². The Morgan fingerprint density at radius 1 is 1.12 bits per heavy atom. The third-order valence-electron chi connectivity index (χ3n) is 3.90. The van der Waals surface area contributed by atoms with E-state index in [2.05, 4.69) is 50.4 Å². The Morgan fingerprint density at radius 2 is 1.79 bits per heavy atom. The number of rotatable bonds is 5. The molecule has 0 fully saturated rings. The van der Waals surface area contributed by atoms with Crippen molar-refractivity contribution in [3.05, 3.63) is 58.6 Å². The maximum atomic E-state index is 12.2. The highest BCUT2D eigenvalue weighted by Crippen LogP contribution is 2.28. The van der Waals surface area contributed by atoms with Crippen LogP contribution in [0.5, 0.6) is 5.75 Å². The molecule has 2 rings (SSSR count). The predicted octanol–water partition coefficient (Wildman–Crippen LogP) is 5.22. The second-order valence-corrected chi connectivity index (χ2v) is 7.28. The minimum atomic E-state index is -0.0598. The van der Waals surface area contributed by atoms with Crippen molar-refractivity contribution < 1.29 is 9.53 Å². The van der Waals surface area contributed by atoms with Crippen LogP contribution in [-0.4, -0.2) is 13.0 Å². The van der Waals surface area contributed by atoms with Crippen LogP contribution in [0.15, 0.2) is 42.5 Å². The largest absolute Gasteiger partial charge is 0.495 e. The summed E-state index contributed by atoms with van der Waals surface area (Å²) in [7, 11) is 1.57. The topological polar surface area (TPSA) is 38.3 Å². The summed E-state index contributed by atoms with van der Waals surface area (Å²) in [5.74, 6) is 0.540. The van der Waals surface area contributed by atoms with Gasteiger partial charge in [-0.25, -0.2) is 0 Å². The first-order valence-electron chi connectivity index (χ1n) is 8.02. The molecule has 0 atom stereocenters. The molecule has 24 heavy (non-hydrogen) atoms. The molecular weight excluding hydrogens is 322 g/mol. The molecule has 128 valence electrons. The summed E-state index contributed by atoms with van der Waals surface area (Å²) in [5, 5.41) is 3.42. The van der Waals surface area contributed by atoms with Crippen molar-refractivity contribution >= 4 is 23.2 Å². The average Bonchev–Trinajstić information content (AvgIpc) is 2.53. The number of carbonyl (C=O) groups is 1. The van der Waals surface area contributed by atoms with Gasteiger partial charge in [0.2, 0.25) is 5.91 Å². The standard InChI is InChI=1S/C20H24ClNO2/c1-20(2,3)15-8-5-14(6-9-15)7-12-19(23)22-17-13-16(21)10-11-18(17)24-4/h5-6,8-11,13H,7,12H2,1-4H3,(H,22,23). The molecule has 0 bridgehead atoms. The van der Waals surface area contributed by atoms with E-state index in [0.29, 0.717) is 29.3 Å². The summed E-state index contributed by atoms with van der Waals surface area (Å²) in [6.07, 6.45) is 1.10. The van der Waals surface area contributed by atoms with E-state index in [4.69, 9.17) is 16.3 Å². The SMILES string of the molecule is COc1ccc(Cl)cc1NC(=O)CCc1ccc(C(C)(C)C)cc1. The highest BCUT2D eigenvalue weighted by Gasteiger charge is 2.13. The number of aryl methyl sites for hydroxylation is 1. The fourth-order valence-corrected chi connectivity index (χ4v) is 2.59. The van der Waals surface area contributed by atoms with Gasteiger partial charge in [0.05, 0.1) is 12.8 Å². The molecule has 0 aliphatic carbocycles. The number of ether oxygens (including phenoxy) is 1. The fourth-order valence-electron chi connectivity index (χ4n) is 2.42. The molecule has 0 aliphatic rings. The highest BCUT2D eigenvalue weighted by molar-refractivity contribution is 6.31. The second kappa shape index (κ2) is 7.71. The van der Waals surface area contributed by atoms with E-state index in [9.17, 15) is 4.79 Å². The molecule has 1 amide bonds. The van der Waals surface area contributed by atoms with Crippen molar-refractivity contribution in [3.63, 3.8) is 0 Å².